The molecule has 0 radical (unpaired) electrons. The number of rotatable bonds is 6. The first-order chi connectivity index (χ1) is 8.66. The van der Waals surface area contributed by atoms with Crippen molar-refractivity contribution in [3.63, 3.8) is 0 Å². The van der Waals surface area contributed by atoms with E-state index in [0.29, 0.717) is 12.5 Å². The first-order valence-corrected chi connectivity index (χ1v) is 7.55. The normalized spacial score (nSPS) is 16.3. The molecule has 3 nitrogen and oxygen atoms in total. The predicted octanol–water partition coefficient (Wildman–Crippen LogP) is 3.14. The summed E-state index contributed by atoms with van der Waals surface area (Å²) in [4.78, 5) is 13.4. The molecular weight excluding hydrogens is 246 g/mol. The van der Waals surface area contributed by atoms with Crippen LogP contribution in [0.25, 0.3) is 0 Å². The van der Waals surface area contributed by atoms with E-state index in [9.17, 15) is 4.79 Å². The van der Waals surface area contributed by atoms with Crippen LogP contribution in [0.5, 0.6) is 0 Å². The first-order valence-electron chi connectivity index (χ1n) is 6.73. The van der Waals surface area contributed by atoms with E-state index < -0.39 is 5.97 Å². The van der Waals surface area contributed by atoms with Gasteiger partial charge in [-0.1, -0.05) is 0 Å². The summed E-state index contributed by atoms with van der Waals surface area (Å²) in [6.45, 7) is 2.94. The van der Waals surface area contributed by atoms with Crippen LogP contribution in [-0.2, 0) is 17.6 Å². The summed E-state index contributed by atoms with van der Waals surface area (Å²) in [6, 6.07) is 2.68. The van der Waals surface area contributed by atoms with Crippen molar-refractivity contribution < 1.29 is 9.90 Å². The highest BCUT2D eigenvalue weighted by molar-refractivity contribution is 7.12. The van der Waals surface area contributed by atoms with Gasteiger partial charge in [-0.15, -0.1) is 11.3 Å². The summed E-state index contributed by atoms with van der Waals surface area (Å²) in [7, 11) is 0. The smallest absolute Gasteiger partial charge is 0.303 e. The number of fused-ring (bicyclic) bond motifs is 1. The zero-order valence-electron chi connectivity index (χ0n) is 10.9. The number of carboxylic acids is 1. The van der Waals surface area contributed by atoms with E-state index in [1.165, 1.54) is 30.6 Å². The minimum atomic E-state index is -0.712. The SMILES string of the molecule is CC(NCCCC(=O)O)c1cc2c(s1)CCCC2. The maximum atomic E-state index is 10.4. The molecule has 1 heterocycles. The van der Waals surface area contributed by atoms with E-state index >= 15 is 0 Å². The summed E-state index contributed by atoms with van der Waals surface area (Å²) in [5.74, 6) is -0.712. The molecular formula is C14H21NO2S. The molecule has 1 aromatic heterocycles. The topological polar surface area (TPSA) is 49.3 Å². The lowest BCUT2D eigenvalue weighted by atomic mass is 9.99. The van der Waals surface area contributed by atoms with Gasteiger partial charge in [0, 0.05) is 22.2 Å². The lowest BCUT2D eigenvalue weighted by molar-refractivity contribution is -0.137. The van der Waals surface area contributed by atoms with E-state index in [1.54, 1.807) is 10.4 Å². The zero-order chi connectivity index (χ0) is 13.0. The maximum Gasteiger partial charge on any atom is 0.303 e. The molecule has 0 saturated heterocycles. The average Bonchev–Trinajstić information content (AvgIpc) is 2.78. The Balaban J connectivity index is 1.83. The Morgan fingerprint density at radius 1 is 1.50 bits per heavy atom. The number of carboxylic acid groups (broad SMARTS) is 1. The fraction of sp³-hybridized carbons (Fsp3) is 0.643. The standard InChI is InChI=1S/C14H21NO2S/c1-10(15-8-4-7-14(16)17)13-9-11-5-2-3-6-12(11)18-13/h9-10,15H,2-8H2,1H3,(H,16,17). The largest absolute Gasteiger partial charge is 0.481 e. The van der Waals surface area contributed by atoms with Crippen molar-refractivity contribution in [1.82, 2.24) is 5.32 Å². The highest BCUT2D eigenvalue weighted by atomic mass is 32.1. The third-order valence-corrected chi connectivity index (χ3v) is 4.88. The minimum Gasteiger partial charge on any atom is -0.481 e. The molecule has 1 aliphatic carbocycles. The fourth-order valence-corrected chi connectivity index (χ4v) is 3.67. The van der Waals surface area contributed by atoms with Gasteiger partial charge >= 0.3 is 5.97 Å². The number of carbonyl (C=O) groups is 1. The first kappa shape index (κ1) is 13.6. The molecule has 1 unspecified atom stereocenters. The van der Waals surface area contributed by atoms with Crippen LogP contribution in [0.3, 0.4) is 0 Å². The van der Waals surface area contributed by atoms with Gasteiger partial charge in [0.15, 0.2) is 0 Å². The Morgan fingerprint density at radius 2 is 2.28 bits per heavy atom. The van der Waals surface area contributed by atoms with Crippen LogP contribution in [0.1, 0.15) is 54.0 Å². The zero-order valence-corrected chi connectivity index (χ0v) is 11.7. The molecule has 1 aromatic rings. The lowest BCUT2D eigenvalue weighted by Gasteiger charge is -2.11. The van der Waals surface area contributed by atoms with Gasteiger partial charge in [0.2, 0.25) is 0 Å². The number of hydrogen-bond acceptors (Lipinski definition) is 3. The molecule has 0 aliphatic heterocycles. The lowest BCUT2D eigenvalue weighted by Crippen LogP contribution is -2.19. The molecule has 18 heavy (non-hydrogen) atoms. The van der Waals surface area contributed by atoms with Crippen molar-refractivity contribution in [2.45, 2.75) is 51.5 Å². The molecule has 1 aliphatic rings. The van der Waals surface area contributed by atoms with E-state index in [2.05, 4.69) is 18.3 Å². The molecule has 2 rings (SSSR count). The second-order valence-corrected chi connectivity index (χ2v) is 6.15. The maximum absolute atomic E-state index is 10.4. The molecule has 100 valence electrons. The highest BCUT2D eigenvalue weighted by Gasteiger charge is 2.16. The monoisotopic (exact) mass is 267 g/mol. The van der Waals surface area contributed by atoms with Gasteiger partial charge in [-0.3, -0.25) is 4.79 Å². The minimum absolute atomic E-state index is 0.251. The second kappa shape index (κ2) is 6.34. The molecule has 1 atom stereocenters. The number of nitrogens with one attached hydrogen (secondary N) is 1. The van der Waals surface area contributed by atoms with Crippen LogP contribution >= 0.6 is 11.3 Å². The van der Waals surface area contributed by atoms with Crippen molar-refractivity contribution >= 4 is 17.3 Å². The van der Waals surface area contributed by atoms with E-state index in [-0.39, 0.29) is 6.42 Å². The van der Waals surface area contributed by atoms with Crippen molar-refractivity contribution in [3.8, 4) is 0 Å². The third-order valence-electron chi connectivity index (χ3n) is 3.46. The number of hydrogen-bond donors (Lipinski definition) is 2. The summed E-state index contributed by atoms with van der Waals surface area (Å²) < 4.78 is 0. The van der Waals surface area contributed by atoms with E-state index in [0.717, 1.165) is 6.54 Å². The van der Waals surface area contributed by atoms with Crippen molar-refractivity contribution in [1.29, 1.82) is 0 Å². The summed E-state index contributed by atoms with van der Waals surface area (Å²) >= 11 is 1.93. The Bertz CT molecular complexity index is 390. The Morgan fingerprint density at radius 3 is 3.00 bits per heavy atom. The van der Waals surface area contributed by atoms with Crippen LogP contribution in [0.15, 0.2) is 6.07 Å². The van der Waals surface area contributed by atoms with Crippen molar-refractivity contribution in [2.75, 3.05) is 6.54 Å². The second-order valence-electron chi connectivity index (χ2n) is 4.98. The van der Waals surface area contributed by atoms with Gasteiger partial charge in [0.25, 0.3) is 0 Å². The number of thiophene rings is 1. The van der Waals surface area contributed by atoms with Gasteiger partial charge < -0.3 is 10.4 Å². The Kier molecular flexibility index (Phi) is 4.78. The van der Waals surface area contributed by atoms with Crippen LogP contribution < -0.4 is 5.32 Å². The molecule has 0 spiro atoms. The Hall–Kier alpha value is -0.870. The average molecular weight is 267 g/mol. The molecule has 0 bridgehead atoms. The van der Waals surface area contributed by atoms with Gasteiger partial charge in [0.05, 0.1) is 0 Å². The summed E-state index contributed by atoms with van der Waals surface area (Å²) in [5.41, 5.74) is 1.54. The van der Waals surface area contributed by atoms with Crippen LogP contribution in [0.4, 0.5) is 0 Å². The van der Waals surface area contributed by atoms with Crippen LogP contribution in [0.2, 0.25) is 0 Å². The summed E-state index contributed by atoms with van der Waals surface area (Å²) in [6.07, 6.45) is 6.08. The van der Waals surface area contributed by atoms with E-state index in [4.69, 9.17) is 5.11 Å². The number of aliphatic carboxylic acids is 1. The van der Waals surface area contributed by atoms with Crippen molar-refractivity contribution in [2.24, 2.45) is 0 Å². The van der Waals surface area contributed by atoms with Crippen molar-refractivity contribution in [3.05, 3.63) is 21.4 Å². The molecule has 2 N–H and O–H groups in total. The molecule has 0 amide bonds. The Labute approximate surface area is 112 Å². The molecule has 0 fully saturated rings. The molecule has 4 heteroatoms. The van der Waals surface area contributed by atoms with Gasteiger partial charge in [0.1, 0.15) is 0 Å². The number of aryl methyl sites for hydroxylation is 2. The van der Waals surface area contributed by atoms with Gasteiger partial charge in [-0.25, -0.2) is 0 Å². The molecule has 0 aromatic carbocycles. The fourth-order valence-electron chi connectivity index (χ4n) is 2.39. The summed E-state index contributed by atoms with van der Waals surface area (Å²) in [5, 5.41) is 12.0. The van der Waals surface area contributed by atoms with Crippen LogP contribution in [0, 0.1) is 0 Å². The predicted molar refractivity (Wildman–Crippen MR) is 74.2 cm³/mol. The van der Waals surface area contributed by atoms with Gasteiger partial charge in [-0.05, 0) is 57.2 Å². The highest BCUT2D eigenvalue weighted by Crippen LogP contribution is 2.32. The van der Waals surface area contributed by atoms with Gasteiger partial charge in [-0.2, -0.15) is 0 Å². The quantitative estimate of drug-likeness (QED) is 0.778. The third kappa shape index (κ3) is 3.56. The van der Waals surface area contributed by atoms with E-state index in [1.807, 2.05) is 11.3 Å². The molecule has 0 saturated carbocycles. The van der Waals surface area contributed by atoms with Crippen LogP contribution in [-0.4, -0.2) is 17.6 Å².